The van der Waals surface area contributed by atoms with E-state index in [1.54, 1.807) is 0 Å². The van der Waals surface area contributed by atoms with Crippen LogP contribution in [-0.2, 0) is 4.74 Å². The summed E-state index contributed by atoms with van der Waals surface area (Å²) >= 11 is 0. The number of unbranched alkanes of at least 4 members (excludes halogenated alkanes) is 13. The molecule has 0 saturated carbocycles. The van der Waals surface area contributed by atoms with Gasteiger partial charge in [0, 0.05) is 6.61 Å². The normalized spacial score (nSPS) is 11.1. The summed E-state index contributed by atoms with van der Waals surface area (Å²) in [6, 6.07) is 0. The van der Waals surface area contributed by atoms with Crippen LogP contribution >= 0.6 is 0 Å². The zero-order valence-electron chi connectivity index (χ0n) is 14.3. The van der Waals surface area contributed by atoms with Crippen molar-refractivity contribution >= 4 is 0 Å². The summed E-state index contributed by atoms with van der Waals surface area (Å²) in [7, 11) is 0. The third kappa shape index (κ3) is 18.0. The molecule has 0 heterocycles. The van der Waals surface area contributed by atoms with Gasteiger partial charge in [-0.3, -0.25) is 0 Å². The van der Waals surface area contributed by atoms with Crippen LogP contribution in [0, 0.1) is 6.61 Å². The van der Waals surface area contributed by atoms with Crippen LogP contribution in [0.2, 0.25) is 0 Å². The summed E-state index contributed by atoms with van der Waals surface area (Å²) in [6.45, 7) is 7.52. The van der Waals surface area contributed by atoms with Crippen LogP contribution in [0.25, 0.3) is 0 Å². The van der Waals surface area contributed by atoms with E-state index >= 15 is 0 Å². The highest BCUT2D eigenvalue weighted by molar-refractivity contribution is 4.53. The third-order valence-corrected chi connectivity index (χ3v) is 3.91. The first kappa shape index (κ1) is 20.0. The van der Waals surface area contributed by atoms with Gasteiger partial charge in [-0.25, -0.2) is 0 Å². The molecule has 0 atom stereocenters. The van der Waals surface area contributed by atoms with Crippen molar-refractivity contribution in [3.63, 3.8) is 0 Å². The van der Waals surface area contributed by atoms with Crippen molar-refractivity contribution in [3.05, 3.63) is 6.61 Å². The van der Waals surface area contributed by atoms with E-state index in [1.165, 1.54) is 89.9 Å². The Morgan fingerprint density at radius 2 is 1.00 bits per heavy atom. The summed E-state index contributed by atoms with van der Waals surface area (Å²) in [6.07, 6.45) is 20.4. The minimum Gasteiger partial charge on any atom is -0.376 e. The molecule has 0 aromatic heterocycles. The van der Waals surface area contributed by atoms with Crippen molar-refractivity contribution in [1.29, 1.82) is 0 Å². The molecule has 1 heteroatoms. The Balaban J connectivity index is 2.89. The molecule has 20 heavy (non-hydrogen) atoms. The molecule has 121 valence electrons. The lowest BCUT2D eigenvalue weighted by atomic mass is 10.1. The van der Waals surface area contributed by atoms with Crippen LogP contribution in [0.5, 0.6) is 0 Å². The minimum atomic E-state index is 0.934. The standard InChI is InChI=1S/C19H39O/c1-3-5-7-9-11-12-13-15-17-19-20-18-16-14-10-8-6-4-2/h19H,3-18H2,1-2H3. The maximum Gasteiger partial charge on any atom is 0.0836 e. The summed E-state index contributed by atoms with van der Waals surface area (Å²) in [5.41, 5.74) is 0. The largest absolute Gasteiger partial charge is 0.376 e. The second-order valence-corrected chi connectivity index (χ2v) is 6.07. The Hall–Kier alpha value is -0.0400. The van der Waals surface area contributed by atoms with E-state index in [0.717, 1.165) is 13.0 Å². The lowest BCUT2D eigenvalue weighted by molar-refractivity contribution is 0.183. The smallest absolute Gasteiger partial charge is 0.0836 e. The zero-order valence-corrected chi connectivity index (χ0v) is 14.3. The topological polar surface area (TPSA) is 9.23 Å². The number of hydrogen-bond acceptors (Lipinski definition) is 1. The fourth-order valence-corrected chi connectivity index (χ4v) is 2.49. The summed E-state index contributed by atoms with van der Waals surface area (Å²) in [5, 5.41) is 0. The van der Waals surface area contributed by atoms with Gasteiger partial charge in [0.05, 0.1) is 6.61 Å². The summed E-state index contributed by atoms with van der Waals surface area (Å²) < 4.78 is 5.57. The van der Waals surface area contributed by atoms with Crippen molar-refractivity contribution in [3.8, 4) is 0 Å². The molecule has 0 N–H and O–H groups in total. The lowest BCUT2D eigenvalue weighted by Crippen LogP contribution is -1.92. The van der Waals surface area contributed by atoms with Gasteiger partial charge in [-0.1, -0.05) is 97.3 Å². The Bertz CT molecular complexity index is 138. The molecule has 0 bridgehead atoms. The van der Waals surface area contributed by atoms with Crippen molar-refractivity contribution in [1.82, 2.24) is 0 Å². The molecular formula is C19H39O. The third-order valence-electron chi connectivity index (χ3n) is 3.91. The lowest BCUT2D eigenvalue weighted by Gasteiger charge is -2.04. The predicted octanol–water partition coefficient (Wildman–Crippen LogP) is 7.06. The van der Waals surface area contributed by atoms with Crippen molar-refractivity contribution in [2.45, 2.75) is 110 Å². The fourth-order valence-electron chi connectivity index (χ4n) is 2.49. The Kier molecular flexibility index (Phi) is 18.9. The van der Waals surface area contributed by atoms with E-state index in [-0.39, 0.29) is 0 Å². The quantitative estimate of drug-likeness (QED) is 0.260. The second-order valence-electron chi connectivity index (χ2n) is 6.07. The highest BCUT2D eigenvalue weighted by atomic mass is 16.5. The zero-order chi connectivity index (χ0) is 14.7. The summed E-state index contributed by atoms with van der Waals surface area (Å²) in [4.78, 5) is 0. The van der Waals surface area contributed by atoms with Crippen LogP contribution in [0.15, 0.2) is 0 Å². The predicted molar refractivity (Wildman–Crippen MR) is 90.9 cm³/mol. The van der Waals surface area contributed by atoms with Gasteiger partial charge in [0.2, 0.25) is 0 Å². The molecule has 0 aliphatic carbocycles. The Morgan fingerprint density at radius 1 is 0.550 bits per heavy atom. The van der Waals surface area contributed by atoms with Crippen molar-refractivity contribution in [2.24, 2.45) is 0 Å². The van der Waals surface area contributed by atoms with Crippen molar-refractivity contribution < 1.29 is 4.74 Å². The van der Waals surface area contributed by atoms with Crippen LogP contribution in [0.1, 0.15) is 110 Å². The van der Waals surface area contributed by atoms with Gasteiger partial charge in [0.15, 0.2) is 0 Å². The molecule has 1 nitrogen and oxygen atoms in total. The molecule has 0 aliphatic rings. The minimum absolute atomic E-state index is 0.934. The molecule has 1 radical (unpaired) electrons. The van der Waals surface area contributed by atoms with Gasteiger partial charge in [0.25, 0.3) is 0 Å². The Labute approximate surface area is 128 Å². The highest BCUT2D eigenvalue weighted by Gasteiger charge is 1.94. The number of hydrogen-bond donors (Lipinski definition) is 0. The van der Waals surface area contributed by atoms with E-state index in [0.29, 0.717) is 0 Å². The average Bonchev–Trinajstić information content (AvgIpc) is 2.47. The van der Waals surface area contributed by atoms with Gasteiger partial charge in [-0.15, -0.1) is 0 Å². The van der Waals surface area contributed by atoms with Gasteiger partial charge in [-0.05, 0) is 12.8 Å². The Morgan fingerprint density at radius 3 is 1.55 bits per heavy atom. The van der Waals surface area contributed by atoms with Crippen LogP contribution in [0.3, 0.4) is 0 Å². The van der Waals surface area contributed by atoms with Gasteiger partial charge in [-0.2, -0.15) is 0 Å². The van der Waals surface area contributed by atoms with Crippen LogP contribution in [0.4, 0.5) is 0 Å². The maximum absolute atomic E-state index is 5.57. The molecular weight excluding hydrogens is 244 g/mol. The molecule has 0 amide bonds. The molecule has 0 unspecified atom stereocenters. The first-order valence-electron chi connectivity index (χ1n) is 9.35. The fraction of sp³-hybridized carbons (Fsp3) is 0.947. The molecule has 0 saturated heterocycles. The number of rotatable bonds is 17. The highest BCUT2D eigenvalue weighted by Crippen LogP contribution is 2.11. The second kappa shape index (κ2) is 19.0. The SMILES string of the molecule is CCCCCCCCCC[CH]OCCCCCCCC. The van der Waals surface area contributed by atoms with Gasteiger partial charge < -0.3 is 4.74 Å². The average molecular weight is 284 g/mol. The van der Waals surface area contributed by atoms with E-state index < -0.39 is 0 Å². The number of ether oxygens (including phenoxy) is 1. The summed E-state index contributed by atoms with van der Waals surface area (Å²) in [5.74, 6) is 0. The molecule has 0 aromatic carbocycles. The molecule has 0 spiro atoms. The first-order chi connectivity index (χ1) is 9.91. The van der Waals surface area contributed by atoms with Crippen molar-refractivity contribution in [2.75, 3.05) is 6.61 Å². The van der Waals surface area contributed by atoms with Crippen LogP contribution in [-0.4, -0.2) is 6.61 Å². The first-order valence-corrected chi connectivity index (χ1v) is 9.35. The van der Waals surface area contributed by atoms with Crippen LogP contribution < -0.4 is 0 Å². The van der Waals surface area contributed by atoms with E-state index in [9.17, 15) is 0 Å². The van der Waals surface area contributed by atoms with E-state index in [2.05, 4.69) is 13.8 Å². The maximum atomic E-state index is 5.57. The van der Waals surface area contributed by atoms with E-state index in [1.807, 2.05) is 6.61 Å². The van der Waals surface area contributed by atoms with E-state index in [4.69, 9.17) is 4.74 Å². The molecule has 0 rings (SSSR count). The molecule has 0 aromatic rings. The van der Waals surface area contributed by atoms with Gasteiger partial charge >= 0.3 is 0 Å². The molecule has 0 aliphatic heterocycles. The van der Waals surface area contributed by atoms with Gasteiger partial charge in [0.1, 0.15) is 0 Å². The molecule has 0 fully saturated rings. The monoisotopic (exact) mass is 283 g/mol.